The summed E-state index contributed by atoms with van der Waals surface area (Å²) >= 11 is 0. The second-order valence-corrected chi connectivity index (χ2v) is 5.20. The summed E-state index contributed by atoms with van der Waals surface area (Å²) in [7, 11) is 0. The van der Waals surface area contributed by atoms with Gasteiger partial charge in [-0.3, -0.25) is 0 Å². The number of aromatic nitrogens is 3. The van der Waals surface area contributed by atoms with Gasteiger partial charge >= 0.3 is 0 Å². The highest BCUT2D eigenvalue weighted by molar-refractivity contribution is 5.41. The number of rotatable bonds is 2. The van der Waals surface area contributed by atoms with Crippen LogP contribution in [0.2, 0.25) is 0 Å². The summed E-state index contributed by atoms with van der Waals surface area (Å²) < 4.78 is 2.27. The van der Waals surface area contributed by atoms with Gasteiger partial charge in [0.25, 0.3) is 0 Å². The maximum Gasteiger partial charge on any atom is 0.137 e. The first-order valence-corrected chi connectivity index (χ1v) is 6.48. The van der Waals surface area contributed by atoms with Gasteiger partial charge in [-0.15, -0.1) is 10.2 Å². The lowest BCUT2D eigenvalue weighted by Gasteiger charge is -2.20. The van der Waals surface area contributed by atoms with Gasteiger partial charge in [0.1, 0.15) is 11.6 Å². The highest BCUT2D eigenvalue weighted by Crippen LogP contribution is 2.21. The first-order chi connectivity index (χ1) is 8.72. The summed E-state index contributed by atoms with van der Waals surface area (Å²) in [6, 6.07) is 7.99. The van der Waals surface area contributed by atoms with Crippen LogP contribution in [0.3, 0.4) is 0 Å². The van der Waals surface area contributed by atoms with Crippen LogP contribution in [-0.2, 0) is 19.4 Å². The Kier molecular flexibility index (Phi) is 2.78. The number of nitrogens with two attached hydrogens (primary N) is 1. The van der Waals surface area contributed by atoms with Crippen LogP contribution in [0.4, 0.5) is 5.69 Å². The van der Waals surface area contributed by atoms with Gasteiger partial charge in [0.05, 0.1) is 0 Å². The Bertz CT molecular complexity index is 559. The first kappa shape index (κ1) is 11.3. The zero-order valence-electron chi connectivity index (χ0n) is 10.6. The number of nitrogens with zero attached hydrogens (tertiary/aromatic N) is 3. The molecule has 0 radical (unpaired) electrons. The SMILES string of the molecule is CC1CCn2c(Cc3cccc(N)c3)nnc2C1. The van der Waals surface area contributed by atoms with E-state index in [2.05, 4.69) is 27.8 Å². The van der Waals surface area contributed by atoms with Gasteiger partial charge in [-0.05, 0) is 30.0 Å². The monoisotopic (exact) mass is 242 g/mol. The molecule has 2 heterocycles. The fraction of sp³-hybridized carbons (Fsp3) is 0.429. The van der Waals surface area contributed by atoms with E-state index in [-0.39, 0.29) is 0 Å². The molecule has 0 fully saturated rings. The Labute approximate surface area is 107 Å². The second-order valence-electron chi connectivity index (χ2n) is 5.20. The highest BCUT2D eigenvalue weighted by Gasteiger charge is 2.20. The van der Waals surface area contributed by atoms with Crippen LogP contribution in [0.15, 0.2) is 24.3 Å². The zero-order chi connectivity index (χ0) is 12.5. The Balaban J connectivity index is 1.86. The summed E-state index contributed by atoms with van der Waals surface area (Å²) in [5.41, 5.74) is 7.80. The molecule has 0 amide bonds. The molecule has 1 aliphatic heterocycles. The van der Waals surface area contributed by atoms with E-state index in [0.717, 1.165) is 42.6 Å². The molecule has 0 spiro atoms. The third-order valence-electron chi connectivity index (χ3n) is 3.59. The molecule has 0 saturated carbocycles. The Morgan fingerprint density at radius 2 is 2.28 bits per heavy atom. The smallest absolute Gasteiger partial charge is 0.137 e. The van der Waals surface area contributed by atoms with Crippen LogP contribution in [0.25, 0.3) is 0 Å². The van der Waals surface area contributed by atoms with Gasteiger partial charge in [0.15, 0.2) is 0 Å². The molecule has 0 aliphatic carbocycles. The summed E-state index contributed by atoms with van der Waals surface area (Å²) in [6.45, 7) is 3.32. The van der Waals surface area contributed by atoms with Crippen LogP contribution >= 0.6 is 0 Å². The predicted octanol–water partition coefficient (Wildman–Crippen LogP) is 2.03. The number of benzene rings is 1. The molecule has 18 heavy (non-hydrogen) atoms. The lowest BCUT2D eigenvalue weighted by Crippen LogP contribution is -2.19. The summed E-state index contributed by atoms with van der Waals surface area (Å²) in [6.07, 6.45) is 3.07. The second kappa shape index (κ2) is 4.44. The Morgan fingerprint density at radius 1 is 1.39 bits per heavy atom. The molecule has 1 aromatic heterocycles. The number of anilines is 1. The van der Waals surface area contributed by atoms with E-state index in [9.17, 15) is 0 Å². The molecular formula is C14H18N4. The highest BCUT2D eigenvalue weighted by atomic mass is 15.3. The minimum atomic E-state index is 0.724. The molecule has 3 rings (SSSR count). The Hall–Kier alpha value is -1.84. The van der Waals surface area contributed by atoms with E-state index in [0.29, 0.717) is 0 Å². The van der Waals surface area contributed by atoms with Crippen molar-refractivity contribution in [1.82, 2.24) is 14.8 Å². The standard InChI is InChI=1S/C14H18N4/c1-10-5-6-18-13(7-10)16-17-14(18)9-11-3-2-4-12(15)8-11/h2-4,8,10H,5-7,9,15H2,1H3. The van der Waals surface area contributed by atoms with E-state index < -0.39 is 0 Å². The molecule has 94 valence electrons. The minimum Gasteiger partial charge on any atom is -0.399 e. The van der Waals surface area contributed by atoms with Crippen molar-refractivity contribution in [2.24, 2.45) is 5.92 Å². The molecular weight excluding hydrogens is 224 g/mol. The van der Waals surface area contributed by atoms with Gasteiger partial charge in [0.2, 0.25) is 0 Å². The van der Waals surface area contributed by atoms with Gasteiger partial charge in [-0.2, -0.15) is 0 Å². The van der Waals surface area contributed by atoms with E-state index in [1.165, 1.54) is 12.0 Å². The van der Waals surface area contributed by atoms with Crippen LogP contribution in [0.1, 0.15) is 30.6 Å². The van der Waals surface area contributed by atoms with Crippen molar-refractivity contribution < 1.29 is 0 Å². The number of fused-ring (bicyclic) bond motifs is 1. The topological polar surface area (TPSA) is 56.7 Å². The van der Waals surface area contributed by atoms with Crippen molar-refractivity contribution in [3.63, 3.8) is 0 Å². The van der Waals surface area contributed by atoms with Crippen LogP contribution in [0, 0.1) is 5.92 Å². The fourth-order valence-corrected chi connectivity index (χ4v) is 2.56. The van der Waals surface area contributed by atoms with Gasteiger partial charge in [-0.1, -0.05) is 19.1 Å². The lowest BCUT2D eigenvalue weighted by molar-refractivity contribution is 0.404. The average molecular weight is 242 g/mol. The van der Waals surface area contributed by atoms with Crippen LogP contribution in [0.5, 0.6) is 0 Å². The first-order valence-electron chi connectivity index (χ1n) is 6.48. The Morgan fingerprint density at radius 3 is 3.11 bits per heavy atom. The quantitative estimate of drug-likeness (QED) is 0.820. The number of hydrogen-bond donors (Lipinski definition) is 1. The number of nitrogen functional groups attached to an aromatic ring is 1. The summed E-state index contributed by atoms with van der Waals surface area (Å²) in [4.78, 5) is 0. The van der Waals surface area contributed by atoms with Crippen LogP contribution in [-0.4, -0.2) is 14.8 Å². The molecule has 1 aromatic carbocycles. The van der Waals surface area contributed by atoms with E-state index >= 15 is 0 Å². The minimum absolute atomic E-state index is 0.724. The normalized spacial score (nSPS) is 18.6. The molecule has 1 aliphatic rings. The van der Waals surface area contributed by atoms with Crippen molar-refractivity contribution in [2.45, 2.75) is 32.7 Å². The maximum atomic E-state index is 5.80. The molecule has 2 aromatic rings. The molecule has 0 saturated heterocycles. The fourth-order valence-electron chi connectivity index (χ4n) is 2.56. The van der Waals surface area contributed by atoms with E-state index in [1.807, 2.05) is 18.2 Å². The van der Waals surface area contributed by atoms with Crippen molar-refractivity contribution in [3.8, 4) is 0 Å². The van der Waals surface area contributed by atoms with Crippen molar-refractivity contribution in [1.29, 1.82) is 0 Å². The average Bonchev–Trinajstić information content (AvgIpc) is 2.72. The lowest BCUT2D eigenvalue weighted by atomic mass is 10.00. The van der Waals surface area contributed by atoms with Crippen molar-refractivity contribution in [3.05, 3.63) is 41.5 Å². The molecule has 4 heteroatoms. The predicted molar refractivity (Wildman–Crippen MR) is 71.2 cm³/mol. The molecule has 0 bridgehead atoms. The van der Waals surface area contributed by atoms with Crippen molar-refractivity contribution >= 4 is 5.69 Å². The van der Waals surface area contributed by atoms with Gasteiger partial charge in [-0.25, -0.2) is 0 Å². The number of hydrogen-bond acceptors (Lipinski definition) is 3. The summed E-state index contributed by atoms with van der Waals surface area (Å²) in [5, 5.41) is 8.64. The third-order valence-corrected chi connectivity index (χ3v) is 3.59. The molecule has 1 atom stereocenters. The third kappa shape index (κ3) is 2.10. The molecule has 4 nitrogen and oxygen atoms in total. The van der Waals surface area contributed by atoms with Gasteiger partial charge < -0.3 is 10.3 Å². The van der Waals surface area contributed by atoms with E-state index in [1.54, 1.807) is 0 Å². The van der Waals surface area contributed by atoms with E-state index in [4.69, 9.17) is 5.73 Å². The maximum absolute atomic E-state index is 5.80. The van der Waals surface area contributed by atoms with Crippen molar-refractivity contribution in [2.75, 3.05) is 5.73 Å². The van der Waals surface area contributed by atoms with Crippen LogP contribution < -0.4 is 5.73 Å². The zero-order valence-corrected chi connectivity index (χ0v) is 10.6. The van der Waals surface area contributed by atoms with Gasteiger partial charge in [0, 0.05) is 25.1 Å². The largest absolute Gasteiger partial charge is 0.399 e. The summed E-state index contributed by atoms with van der Waals surface area (Å²) in [5.74, 6) is 2.91. The molecule has 1 unspecified atom stereocenters. The molecule has 2 N–H and O–H groups in total.